The van der Waals surface area contributed by atoms with Crippen LogP contribution in [-0.2, 0) is 4.79 Å². The highest BCUT2D eigenvalue weighted by molar-refractivity contribution is 5.85. The van der Waals surface area contributed by atoms with Gasteiger partial charge in [-0.1, -0.05) is 6.92 Å². The molecular weight excluding hydrogens is 176 g/mol. The number of hydrogen-bond acceptors (Lipinski definition) is 2. The lowest BCUT2D eigenvalue weighted by atomic mass is 9.90. The van der Waals surface area contributed by atoms with Gasteiger partial charge < -0.3 is 10.6 Å². The molecule has 1 saturated heterocycles. The molecule has 2 atom stereocenters. The molecule has 3 nitrogen and oxygen atoms in total. The lowest BCUT2D eigenvalue weighted by Crippen LogP contribution is -2.56. The van der Waals surface area contributed by atoms with Crippen molar-refractivity contribution < 1.29 is 4.79 Å². The molecule has 1 aliphatic heterocycles. The molecule has 0 saturated carbocycles. The summed E-state index contributed by atoms with van der Waals surface area (Å²) in [5.41, 5.74) is 5.10. The second kappa shape index (κ2) is 3.89. The van der Waals surface area contributed by atoms with Crippen LogP contribution in [0.15, 0.2) is 0 Å². The van der Waals surface area contributed by atoms with Gasteiger partial charge in [-0.15, -0.1) is 0 Å². The van der Waals surface area contributed by atoms with E-state index in [0.717, 1.165) is 13.0 Å². The zero-order valence-electron chi connectivity index (χ0n) is 9.71. The first-order chi connectivity index (χ1) is 6.34. The Kier molecular flexibility index (Phi) is 3.20. The average molecular weight is 198 g/mol. The minimum Gasteiger partial charge on any atom is -0.338 e. The molecule has 0 spiro atoms. The second-order valence-electron chi connectivity index (χ2n) is 5.08. The van der Waals surface area contributed by atoms with Crippen LogP contribution in [0.1, 0.15) is 40.5 Å². The Balaban J connectivity index is 2.72. The van der Waals surface area contributed by atoms with Gasteiger partial charge in [-0.25, -0.2) is 0 Å². The van der Waals surface area contributed by atoms with Gasteiger partial charge in [0.2, 0.25) is 5.91 Å². The quantitative estimate of drug-likeness (QED) is 0.691. The number of nitrogens with two attached hydrogens (primary N) is 1. The van der Waals surface area contributed by atoms with Crippen LogP contribution in [0, 0.1) is 5.92 Å². The standard InChI is InChI=1S/C11H22N2O/c1-8-6-5-7-13(9(8)2)10(14)11(3,4)12/h8-9H,5-7,12H2,1-4H3. The number of nitrogens with zero attached hydrogens (tertiary/aromatic N) is 1. The lowest BCUT2D eigenvalue weighted by molar-refractivity contribution is -0.140. The normalized spacial score (nSPS) is 29.1. The fourth-order valence-electron chi connectivity index (χ4n) is 1.99. The summed E-state index contributed by atoms with van der Waals surface area (Å²) in [6, 6.07) is 0.332. The maximum Gasteiger partial charge on any atom is 0.242 e. The van der Waals surface area contributed by atoms with Crippen molar-refractivity contribution in [3.05, 3.63) is 0 Å². The van der Waals surface area contributed by atoms with Crippen molar-refractivity contribution in [2.45, 2.75) is 52.1 Å². The van der Waals surface area contributed by atoms with Crippen LogP contribution in [0.2, 0.25) is 0 Å². The van der Waals surface area contributed by atoms with Crippen LogP contribution >= 0.6 is 0 Å². The number of likely N-dealkylation sites (tertiary alicyclic amines) is 1. The summed E-state index contributed by atoms with van der Waals surface area (Å²) in [4.78, 5) is 13.9. The van der Waals surface area contributed by atoms with E-state index in [-0.39, 0.29) is 5.91 Å². The van der Waals surface area contributed by atoms with Gasteiger partial charge in [-0.2, -0.15) is 0 Å². The molecule has 0 aromatic heterocycles. The van der Waals surface area contributed by atoms with E-state index in [0.29, 0.717) is 12.0 Å². The van der Waals surface area contributed by atoms with Gasteiger partial charge in [0.05, 0.1) is 5.54 Å². The summed E-state index contributed by atoms with van der Waals surface area (Å²) in [5, 5.41) is 0. The molecule has 0 aliphatic carbocycles. The number of rotatable bonds is 1. The third-order valence-corrected chi connectivity index (χ3v) is 3.19. The van der Waals surface area contributed by atoms with Crippen molar-refractivity contribution >= 4 is 5.91 Å². The first kappa shape index (κ1) is 11.5. The Bertz CT molecular complexity index is 220. The predicted octanol–water partition coefficient (Wildman–Crippen LogP) is 1.37. The summed E-state index contributed by atoms with van der Waals surface area (Å²) in [6.07, 6.45) is 2.32. The first-order valence-corrected chi connectivity index (χ1v) is 5.44. The Morgan fingerprint density at radius 3 is 2.50 bits per heavy atom. The Morgan fingerprint density at radius 2 is 2.00 bits per heavy atom. The molecule has 0 bridgehead atoms. The summed E-state index contributed by atoms with van der Waals surface area (Å²) in [7, 11) is 0. The van der Waals surface area contributed by atoms with Crippen molar-refractivity contribution in [1.82, 2.24) is 4.90 Å². The summed E-state index contributed by atoms with van der Waals surface area (Å²) >= 11 is 0. The molecule has 1 fully saturated rings. The molecule has 1 rings (SSSR count). The van der Waals surface area contributed by atoms with E-state index in [4.69, 9.17) is 5.73 Å². The van der Waals surface area contributed by atoms with Crippen molar-refractivity contribution in [2.24, 2.45) is 11.7 Å². The third kappa shape index (κ3) is 2.27. The maximum atomic E-state index is 12.0. The van der Waals surface area contributed by atoms with Crippen LogP contribution in [0.3, 0.4) is 0 Å². The topological polar surface area (TPSA) is 46.3 Å². The summed E-state index contributed by atoms with van der Waals surface area (Å²) in [6.45, 7) is 8.74. The number of hydrogen-bond donors (Lipinski definition) is 1. The number of amides is 1. The van der Waals surface area contributed by atoms with Gasteiger partial charge in [-0.05, 0) is 39.5 Å². The molecular formula is C11H22N2O. The van der Waals surface area contributed by atoms with Gasteiger partial charge in [0.15, 0.2) is 0 Å². The number of carbonyl (C=O) groups excluding carboxylic acids is 1. The lowest BCUT2D eigenvalue weighted by Gasteiger charge is -2.40. The van der Waals surface area contributed by atoms with Crippen LogP contribution in [0.4, 0.5) is 0 Å². The Labute approximate surface area is 86.6 Å². The fraction of sp³-hybridized carbons (Fsp3) is 0.909. The summed E-state index contributed by atoms with van der Waals surface area (Å²) < 4.78 is 0. The fourth-order valence-corrected chi connectivity index (χ4v) is 1.99. The largest absolute Gasteiger partial charge is 0.338 e. The smallest absolute Gasteiger partial charge is 0.242 e. The van der Waals surface area contributed by atoms with Crippen LogP contribution in [0.5, 0.6) is 0 Å². The zero-order valence-corrected chi connectivity index (χ0v) is 9.71. The van der Waals surface area contributed by atoms with E-state index in [1.807, 2.05) is 4.90 Å². The number of piperidine rings is 1. The van der Waals surface area contributed by atoms with Crippen LogP contribution in [-0.4, -0.2) is 28.9 Å². The minimum absolute atomic E-state index is 0.0801. The van der Waals surface area contributed by atoms with Gasteiger partial charge in [0, 0.05) is 12.6 Å². The van der Waals surface area contributed by atoms with E-state index < -0.39 is 5.54 Å². The average Bonchev–Trinajstić information content (AvgIpc) is 2.07. The molecule has 82 valence electrons. The van der Waals surface area contributed by atoms with Crippen molar-refractivity contribution in [3.63, 3.8) is 0 Å². The minimum atomic E-state index is -0.731. The maximum absolute atomic E-state index is 12.0. The van der Waals surface area contributed by atoms with Crippen molar-refractivity contribution in [2.75, 3.05) is 6.54 Å². The molecule has 1 heterocycles. The highest BCUT2D eigenvalue weighted by Crippen LogP contribution is 2.24. The molecule has 2 unspecified atom stereocenters. The second-order valence-corrected chi connectivity index (χ2v) is 5.08. The van der Waals surface area contributed by atoms with E-state index >= 15 is 0 Å². The Hall–Kier alpha value is -0.570. The molecule has 14 heavy (non-hydrogen) atoms. The van der Waals surface area contributed by atoms with Crippen LogP contribution in [0.25, 0.3) is 0 Å². The third-order valence-electron chi connectivity index (χ3n) is 3.19. The highest BCUT2D eigenvalue weighted by atomic mass is 16.2. The van der Waals surface area contributed by atoms with Crippen molar-refractivity contribution in [1.29, 1.82) is 0 Å². The summed E-state index contributed by atoms with van der Waals surface area (Å²) in [5.74, 6) is 0.673. The molecule has 0 aromatic rings. The molecule has 0 aromatic carbocycles. The van der Waals surface area contributed by atoms with E-state index in [2.05, 4.69) is 13.8 Å². The van der Waals surface area contributed by atoms with E-state index in [1.165, 1.54) is 6.42 Å². The molecule has 1 amide bonds. The highest BCUT2D eigenvalue weighted by Gasteiger charge is 2.34. The first-order valence-electron chi connectivity index (χ1n) is 5.44. The Morgan fingerprint density at radius 1 is 1.43 bits per heavy atom. The van der Waals surface area contributed by atoms with Gasteiger partial charge in [-0.3, -0.25) is 4.79 Å². The molecule has 1 aliphatic rings. The van der Waals surface area contributed by atoms with E-state index in [9.17, 15) is 4.79 Å². The molecule has 2 N–H and O–H groups in total. The van der Waals surface area contributed by atoms with E-state index in [1.54, 1.807) is 13.8 Å². The van der Waals surface area contributed by atoms with Gasteiger partial charge in [0.1, 0.15) is 0 Å². The van der Waals surface area contributed by atoms with Crippen molar-refractivity contribution in [3.8, 4) is 0 Å². The van der Waals surface area contributed by atoms with Gasteiger partial charge >= 0.3 is 0 Å². The number of carbonyl (C=O) groups is 1. The molecule has 0 radical (unpaired) electrons. The van der Waals surface area contributed by atoms with Gasteiger partial charge in [0.25, 0.3) is 0 Å². The predicted molar refractivity (Wildman–Crippen MR) is 57.8 cm³/mol. The van der Waals surface area contributed by atoms with Crippen LogP contribution < -0.4 is 5.73 Å². The molecule has 3 heteroatoms. The SMILES string of the molecule is CC1CCCN(C(=O)C(C)(C)N)C1C. The monoisotopic (exact) mass is 198 g/mol. The zero-order chi connectivity index (χ0) is 10.9.